The maximum atomic E-state index is 6.31. The normalized spacial score (nSPS) is 12.5. The fourth-order valence-electron chi connectivity index (χ4n) is 7.31. The summed E-state index contributed by atoms with van der Waals surface area (Å²) in [6, 6.07) is 8.31. The van der Waals surface area contributed by atoms with Gasteiger partial charge < -0.3 is 23.4 Å². The second-order valence-corrected chi connectivity index (χ2v) is 30.2. The minimum absolute atomic E-state index is 0.648. The van der Waals surface area contributed by atoms with E-state index in [1.807, 2.05) is 6.07 Å². The zero-order chi connectivity index (χ0) is 46.9. The molecule has 1 heterocycles. The van der Waals surface area contributed by atoms with Crippen LogP contribution in [0.25, 0.3) is 11.0 Å². The van der Waals surface area contributed by atoms with Gasteiger partial charge in [0.15, 0.2) is 0 Å². The van der Waals surface area contributed by atoms with Crippen LogP contribution >= 0.6 is 34.2 Å². The van der Waals surface area contributed by atoms with Gasteiger partial charge in [0.05, 0.1) is 50.4 Å². The minimum atomic E-state index is -2.48. The molecule has 0 bridgehead atoms. The van der Waals surface area contributed by atoms with E-state index in [4.69, 9.17) is 41.7 Å². The highest BCUT2D eigenvalue weighted by Crippen LogP contribution is 2.63. The SMILES string of the molecule is CCCCCCCCCCCCCCCCCCN(CCCNCCCN(CSP(=S)(OCCCC)OCCCC)CSP(=S)(OCCCC)OCCCC)Cn1nnc2ccccc21. The fourth-order valence-corrected chi connectivity index (χ4v) is 15.7. The molecule has 0 saturated heterocycles. The van der Waals surface area contributed by atoms with Crippen LogP contribution in [0.15, 0.2) is 24.3 Å². The Morgan fingerprint density at radius 3 is 1.34 bits per heavy atom. The first-order valence-electron chi connectivity index (χ1n) is 26.3. The number of hydrogen-bond acceptors (Lipinski definition) is 13. The van der Waals surface area contributed by atoms with E-state index >= 15 is 0 Å². The highest BCUT2D eigenvalue weighted by Gasteiger charge is 2.25. The molecule has 0 atom stereocenters. The molecule has 10 nitrogen and oxygen atoms in total. The van der Waals surface area contributed by atoms with Crippen LogP contribution in [0.4, 0.5) is 0 Å². The first-order chi connectivity index (χ1) is 31.8. The van der Waals surface area contributed by atoms with Gasteiger partial charge in [-0.2, -0.15) is 0 Å². The third-order valence-corrected chi connectivity index (χ3v) is 22.1. The summed E-state index contributed by atoms with van der Waals surface area (Å²) in [4.78, 5) is 5.02. The molecule has 1 aromatic heterocycles. The molecule has 1 N–H and O–H groups in total. The summed E-state index contributed by atoms with van der Waals surface area (Å²) in [6.07, 6.45) is 32.6. The Morgan fingerprint density at radius 1 is 0.508 bits per heavy atom. The predicted octanol–water partition coefficient (Wildman–Crippen LogP) is 15.7. The molecular formula is C49H96N6O4P2S4. The van der Waals surface area contributed by atoms with Gasteiger partial charge in [-0.3, -0.25) is 9.80 Å². The van der Waals surface area contributed by atoms with E-state index < -0.39 is 11.4 Å². The third kappa shape index (κ3) is 32.0. The molecule has 65 heavy (non-hydrogen) atoms. The zero-order valence-corrected chi connectivity index (χ0v) is 47.1. The van der Waals surface area contributed by atoms with E-state index in [0.29, 0.717) is 26.4 Å². The van der Waals surface area contributed by atoms with Gasteiger partial charge in [0.25, 0.3) is 0 Å². The Labute approximate surface area is 417 Å². The molecule has 0 radical (unpaired) electrons. The molecular weight excluding hydrogens is 927 g/mol. The molecule has 2 rings (SSSR count). The van der Waals surface area contributed by atoms with Crippen LogP contribution in [0, 0.1) is 0 Å². The van der Waals surface area contributed by atoms with Crippen molar-refractivity contribution < 1.29 is 18.1 Å². The molecule has 1 aromatic carbocycles. The molecule has 2 aromatic rings. The van der Waals surface area contributed by atoms with Crippen molar-refractivity contribution in [2.75, 3.05) is 70.9 Å². The lowest BCUT2D eigenvalue weighted by atomic mass is 10.0. The third-order valence-electron chi connectivity index (χ3n) is 11.5. The zero-order valence-electron chi connectivity index (χ0n) is 42.1. The van der Waals surface area contributed by atoms with Gasteiger partial charge in [0.1, 0.15) is 5.52 Å². The summed E-state index contributed by atoms with van der Waals surface area (Å²) in [6.45, 7) is 19.3. The van der Waals surface area contributed by atoms with Crippen molar-refractivity contribution in [3.63, 3.8) is 0 Å². The van der Waals surface area contributed by atoms with E-state index in [9.17, 15) is 0 Å². The molecule has 0 aliphatic rings. The highest BCUT2D eigenvalue weighted by atomic mass is 32.9. The van der Waals surface area contributed by atoms with Crippen LogP contribution in [0.2, 0.25) is 0 Å². The Morgan fingerprint density at radius 2 is 0.892 bits per heavy atom. The van der Waals surface area contributed by atoms with E-state index in [1.165, 1.54) is 103 Å². The van der Waals surface area contributed by atoms with Gasteiger partial charge in [-0.15, -0.1) is 5.10 Å². The second kappa shape index (κ2) is 42.1. The Kier molecular flexibility index (Phi) is 39.8. The lowest BCUT2D eigenvalue weighted by molar-refractivity contribution is 0.201. The summed E-state index contributed by atoms with van der Waals surface area (Å²) < 4.78 is 27.3. The number of hydrogen-bond donors (Lipinski definition) is 1. The summed E-state index contributed by atoms with van der Waals surface area (Å²) in [5, 5.41) is 12.7. The molecule has 0 amide bonds. The average molecular weight is 1020 g/mol. The molecule has 0 aliphatic heterocycles. The van der Waals surface area contributed by atoms with E-state index in [2.05, 4.69) is 82.9 Å². The molecule has 0 fully saturated rings. The minimum Gasteiger partial charge on any atom is -0.322 e. The summed E-state index contributed by atoms with van der Waals surface area (Å²) in [5.74, 6) is 1.46. The first kappa shape index (κ1) is 61.5. The monoisotopic (exact) mass is 1020 g/mol. The van der Waals surface area contributed by atoms with Crippen LogP contribution in [0.1, 0.15) is 202 Å². The number of unbranched alkanes of at least 4 members (excludes halogenated alkanes) is 19. The summed E-state index contributed by atoms with van der Waals surface area (Å²) in [5.41, 5.74) is -2.88. The number of benzene rings is 1. The van der Waals surface area contributed by atoms with Gasteiger partial charge in [-0.25, -0.2) is 4.68 Å². The van der Waals surface area contributed by atoms with E-state index in [1.54, 1.807) is 22.8 Å². The lowest BCUT2D eigenvalue weighted by Crippen LogP contribution is -2.32. The lowest BCUT2D eigenvalue weighted by Gasteiger charge is -2.29. The summed E-state index contributed by atoms with van der Waals surface area (Å²) in [7, 11) is 0. The Balaban J connectivity index is 1.87. The number of nitrogens with zero attached hydrogens (tertiary/aromatic N) is 5. The quantitative estimate of drug-likeness (QED) is 0.0388. The van der Waals surface area contributed by atoms with Gasteiger partial charge in [-0.1, -0.05) is 197 Å². The van der Waals surface area contributed by atoms with Crippen LogP contribution < -0.4 is 5.32 Å². The summed E-state index contributed by atoms with van der Waals surface area (Å²) >= 11 is 15.5. The van der Waals surface area contributed by atoms with E-state index in [-0.39, 0.29) is 0 Å². The van der Waals surface area contributed by atoms with Crippen molar-refractivity contribution in [1.29, 1.82) is 0 Å². The van der Waals surface area contributed by atoms with E-state index in [0.717, 1.165) is 126 Å². The molecule has 0 spiro atoms. The van der Waals surface area contributed by atoms with Crippen molar-refractivity contribution in [3.05, 3.63) is 24.3 Å². The second-order valence-electron chi connectivity index (χ2n) is 17.6. The topological polar surface area (TPSA) is 86.1 Å². The standard InChI is InChI=1S/C49H96N6O4P2S4/c1-6-11-16-17-18-19-20-21-22-23-24-25-26-27-28-31-38-53(45-55-49-35-30-29-34-48(49)51-52-55)39-32-36-50-37-33-40-54(46-64-60(62,56-41-12-7-2)57-42-13-8-3)47-65-61(63,58-43-14-9-4)59-44-15-10-5/h29-30,34-35,50H,6-28,31-33,36-47H2,1-5H3. The van der Waals surface area contributed by atoms with Crippen molar-refractivity contribution in [2.24, 2.45) is 0 Å². The van der Waals surface area contributed by atoms with Crippen LogP contribution in [0.3, 0.4) is 0 Å². The van der Waals surface area contributed by atoms with Gasteiger partial charge in [0.2, 0.25) is 11.4 Å². The maximum Gasteiger partial charge on any atom is 0.248 e. The maximum absolute atomic E-state index is 6.31. The highest BCUT2D eigenvalue weighted by molar-refractivity contribution is 8.68. The Hall–Kier alpha value is 0.340. The van der Waals surface area contributed by atoms with Crippen molar-refractivity contribution in [3.8, 4) is 0 Å². The molecule has 0 unspecified atom stereocenters. The average Bonchev–Trinajstić information content (AvgIpc) is 3.71. The largest absolute Gasteiger partial charge is 0.322 e. The van der Waals surface area contributed by atoms with Gasteiger partial charge >= 0.3 is 0 Å². The number of aromatic nitrogens is 3. The van der Waals surface area contributed by atoms with Gasteiger partial charge in [-0.05, 0) is 100 Å². The number of fused-ring (bicyclic) bond motifs is 1. The Bertz CT molecular complexity index is 1410. The predicted molar refractivity (Wildman–Crippen MR) is 294 cm³/mol. The smallest absolute Gasteiger partial charge is 0.248 e. The van der Waals surface area contributed by atoms with Crippen molar-refractivity contribution in [1.82, 2.24) is 30.1 Å². The number of nitrogens with one attached hydrogen (secondary N) is 1. The van der Waals surface area contributed by atoms with Gasteiger partial charge in [0, 0.05) is 13.1 Å². The number of rotatable bonds is 49. The molecule has 0 saturated carbocycles. The van der Waals surface area contributed by atoms with Crippen LogP contribution in [-0.4, -0.2) is 95.7 Å². The van der Waals surface area contributed by atoms with Crippen LogP contribution in [0.5, 0.6) is 0 Å². The fraction of sp³-hybridized carbons (Fsp3) is 0.878. The molecule has 380 valence electrons. The molecule has 16 heteroatoms. The molecule has 0 aliphatic carbocycles. The van der Waals surface area contributed by atoms with Crippen LogP contribution in [-0.2, 0) is 48.4 Å². The first-order valence-corrected chi connectivity index (χ1v) is 34.8. The van der Waals surface area contributed by atoms with Crippen molar-refractivity contribution in [2.45, 2.75) is 208 Å². The number of para-hydroxylation sites is 1. The van der Waals surface area contributed by atoms with Crippen molar-refractivity contribution >= 4 is 68.8 Å².